The molecular weight excluding hydrogens is 305 g/mol. The molecule has 1 aliphatic carbocycles. The molecule has 0 amide bonds. The Kier molecular flexibility index (Phi) is 4.99. The fraction of sp³-hybridized carbons (Fsp3) is 0.643. The van der Waals surface area contributed by atoms with Crippen LogP contribution in [-0.2, 0) is 6.18 Å². The van der Waals surface area contributed by atoms with Crippen molar-refractivity contribution in [3.05, 3.63) is 22.8 Å². The van der Waals surface area contributed by atoms with Gasteiger partial charge in [0.2, 0.25) is 0 Å². The van der Waals surface area contributed by atoms with Crippen LogP contribution in [0.2, 0.25) is 5.15 Å². The molecule has 21 heavy (non-hydrogen) atoms. The van der Waals surface area contributed by atoms with E-state index in [0.717, 1.165) is 44.2 Å². The van der Waals surface area contributed by atoms with Gasteiger partial charge in [0.1, 0.15) is 11.0 Å². The summed E-state index contributed by atoms with van der Waals surface area (Å²) in [4.78, 5) is 3.87. The minimum absolute atomic E-state index is 0.0205. The molecule has 0 saturated heterocycles. The molecule has 7 heteroatoms. The van der Waals surface area contributed by atoms with Gasteiger partial charge in [0.15, 0.2) is 0 Å². The van der Waals surface area contributed by atoms with Crippen LogP contribution in [0.25, 0.3) is 0 Å². The highest BCUT2D eigenvalue weighted by Crippen LogP contribution is 2.36. The predicted molar refractivity (Wildman–Crippen MR) is 75.3 cm³/mol. The Bertz CT molecular complexity index is 488. The monoisotopic (exact) mass is 322 g/mol. The second-order valence-corrected chi connectivity index (χ2v) is 6.02. The van der Waals surface area contributed by atoms with E-state index in [9.17, 15) is 18.3 Å². The zero-order valence-corrected chi connectivity index (χ0v) is 12.3. The number of anilines is 1. The number of alkyl halides is 3. The van der Waals surface area contributed by atoms with E-state index in [1.165, 1.54) is 0 Å². The SMILES string of the molecule is OCC1(CNc2cc(C(F)(F)F)cc(Cl)n2)CCCCC1. The molecule has 2 N–H and O–H groups in total. The number of aliphatic hydroxyl groups excluding tert-OH is 1. The highest BCUT2D eigenvalue weighted by Gasteiger charge is 2.33. The van der Waals surface area contributed by atoms with Crippen molar-refractivity contribution in [1.82, 2.24) is 4.98 Å². The average molecular weight is 323 g/mol. The smallest absolute Gasteiger partial charge is 0.396 e. The van der Waals surface area contributed by atoms with Gasteiger partial charge in [0, 0.05) is 12.0 Å². The molecule has 1 aromatic heterocycles. The van der Waals surface area contributed by atoms with Crippen molar-refractivity contribution in [2.45, 2.75) is 38.3 Å². The van der Waals surface area contributed by atoms with Crippen LogP contribution in [0.15, 0.2) is 12.1 Å². The van der Waals surface area contributed by atoms with Gasteiger partial charge in [0.25, 0.3) is 0 Å². The van der Waals surface area contributed by atoms with E-state index in [0.29, 0.717) is 6.54 Å². The van der Waals surface area contributed by atoms with Crippen molar-refractivity contribution in [3.63, 3.8) is 0 Å². The molecule has 1 fully saturated rings. The molecule has 0 spiro atoms. The van der Waals surface area contributed by atoms with Gasteiger partial charge < -0.3 is 10.4 Å². The summed E-state index contributed by atoms with van der Waals surface area (Å²) in [5, 5.41) is 12.3. The first-order valence-corrected chi connectivity index (χ1v) is 7.32. The quantitative estimate of drug-likeness (QED) is 0.820. The van der Waals surface area contributed by atoms with Crippen LogP contribution >= 0.6 is 11.6 Å². The van der Waals surface area contributed by atoms with Gasteiger partial charge in [0.05, 0.1) is 12.2 Å². The Morgan fingerprint density at radius 3 is 2.48 bits per heavy atom. The molecule has 0 bridgehead atoms. The van der Waals surface area contributed by atoms with E-state index in [1.54, 1.807) is 0 Å². The summed E-state index contributed by atoms with van der Waals surface area (Å²) in [6, 6.07) is 1.74. The number of pyridine rings is 1. The highest BCUT2D eigenvalue weighted by atomic mass is 35.5. The lowest BCUT2D eigenvalue weighted by molar-refractivity contribution is -0.137. The summed E-state index contributed by atoms with van der Waals surface area (Å²) in [6.45, 7) is 0.417. The predicted octanol–water partition coefficient (Wildman–Crippen LogP) is 4.11. The maximum Gasteiger partial charge on any atom is 0.416 e. The van der Waals surface area contributed by atoms with E-state index >= 15 is 0 Å². The lowest BCUT2D eigenvalue weighted by atomic mass is 9.74. The van der Waals surface area contributed by atoms with Crippen LogP contribution in [0, 0.1) is 5.41 Å². The largest absolute Gasteiger partial charge is 0.416 e. The van der Waals surface area contributed by atoms with E-state index in [2.05, 4.69) is 10.3 Å². The second kappa shape index (κ2) is 6.40. The van der Waals surface area contributed by atoms with E-state index < -0.39 is 11.7 Å². The van der Waals surface area contributed by atoms with Crippen molar-refractivity contribution < 1.29 is 18.3 Å². The molecular formula is C14H18ClF3N2O. The normalized spacial score (nSPS) is 18.5. The van der Waals surface area contributed by atoms with Crippen LogP contribution in [0.4, 0.5) is 19.0 Å². The molecule has 1 saturated carbocycles. The molecule has 118 valence electrons. The van der Waals surface area contributed by atoms with Gasteiger partial charge in [-0.2, -0.15) is 13.2 Å². The number of halogens is 4. The van der Waals surface area contributed by atoms with Gasteiger partial charge in [-0.05, 0) is 25.0 Å². The molecule has 2 rings (SSSR count). The summed E-state index contributed by atoms with van der Waals surface area (Å²) in [5.74, 6) is 0.0909. The molecule has 3 nitrogen and oxygen atoms in total. The van der Waals surface area contributed by atoms with Crippen LogP contribution in [0.5, 0.6) is 0 Å². The first-order chi connectivity index (χ1) is 9.85. The number of nitrogens with zero attached hydrogens (tertiary/aromatic N) is 1. The van der Waals surface area contributed by atoms with Gasteiger partial charge in [-0.1, -0.05) is 30.9 Å². The average Bonchev–Trinajstić information content (AvgIpc) is 2.45. The maximum absolute atomic E-state index is 12.7. The summed E-state index contributed by atoms with van der Waals surface area (Å²) >= 11 is 5.65. The Morgan fingerprint density at radius 2 is 1.90 bits per heavy atom. The van der Waals surface area contributed by atoms with Gasteiger partial charge >= 0.3 is 6.18 Å². The minimum atomic E-state index is -4.46. The highest BCUT2D eigenvalue weighted by molar-refractivity contribution is 6.29. The molecule has 1 heterocycles. The molecule has 1 aliphatic rings. The van der Waals surface area contributed by atoms with E-state index in [-0.39, 0.29) is 23.0 Å². The lowest BCUT2D eigenvalue weighted by Crippen LogP contribution is -2.35. The third-order valence-electron chi connectivity index (χ3n) is 4.02. The van der Waals surface area contributed by atoms with Crippen molar-refractivity contribution in [2.24, 2.45) is 5.41 Å². The van der Waals surface area contributed by atoms with Crippen molar-refractivity contribution in [2.75, 3.05) is 18.5 Å². The fourth-order valence-electron chi connectivity index (χ4n) is 2.72. The maximum atomic E-state index is 12.7. The summed E-state index contributed by atoms with van der Waals surface area (Å²) in [7, 11) is 0. The molecule has 0 radical (unpaired) electrons. The zero-order chi connectivity index (χ0) is 15.5. The standard InChI is InChI=1S/C14H18ClF3N2O/c15-11-6-10(14(16,17)18)7-12(20-11)19-8-13(9-21)4-2-1-3-5-13/h6-7,21H,1-5,8-9H2,(H,19,20). The van der Waals surface area contributed by atoms with Crippen LogP contribution in [0.1, 0.15) is 37.7 Å². The number of hydrogen-bond donors (Lipinski definition) is 2. The first kappa shape index (κ1) is 16.4. The fourth-order valence-corrected chi connectivity index (χ4v) is 2.93. The Balaban J connectivity index is 2.10. The van der Waals surface area contributed by atoms with Gasteiger partial charge in [-0.25, -0.2) is 4.98 Å². The van der Waals surface area contributed by atoms with Crippen molar-refractivity contribution in [1.29, 1.82) is 0 Å². The number of hydrogen-bond acceptors (Lipinski definition) is 3. The van der Waals surface area contributed by atoms with Crippen LogP contribution < -0.4 is 5.32 Å². The molecule has 0 unspecified atom stereocenters. The summed E-state index contributed by atoms with van der Waals surface area (Å²) < 4.78 is 38.2. The first-order valence-electron chi connectivity index (χ1n) is 6.94. The van der Waals surface area contributed by atoms with Crippen LogP contribution in [-0.4, -0.2) is 23.2 Å². The number of aromatic nitrogens is 1. The molecule has 0 atom stereocenters. The topological polar surface area (TPSA) is 45.1 Å². The van der Waals surface area contributed by atoms with Crippen LogP contribution in [0.3, 0.4) is 0 Å². The number of aliphatic hydroxyl groups is 1. The number of nitrogens with one attached hydrogen (secondary N) is 1. The lowest BCUT2D eigenvalue weighted by Gasteiger charge is -2.35. The van der Waals surface area contributed by atoms with Crippen molar-refractivity contribution >= 4 is 17.4 Å². The second-order valence-electron chi connectivity index (χ2n) is 5.63. The third-order valence-corrected chi connectivity index (χ3v) is 4.21. The molecule has 1 aromatic rings. The minimum Gasteiger partial charge on any atom is -0.396 e. The van der Waals surface area contributed by atoms with E-state index in [1.807, 2.05) is 0 Å². The van der Waals surface area contributed by atoms with Gasteiger partial charge in [-0.15, -0.1) is 0 Å². The Labute approximate surface area is 126 Å². The third kappa shape index (κ3) is 4.23. The molecule has 0 aliphatic heterocycles. The summed E-state index contributed by atoms with van der Waals surface area (Å²) in [5.41, 5.74) is -1.10. The Morgan fingerprint density at radius 1 is 1.24 bits per heavy atom. The number of rotatable bonds is 4. The van der Waals surface area contributed by atoms with Crippen molar-refractivity contribution in [3.8, 4) is 0 Å². The summed E-state index contributed by atoms with van der Waals surface area (Å²) in [6.07, 6.45) is 0.461. The van der Waals surface area contributed by atoms with Gasteiger partial charge in [-0.3, -0.25) is 0 Å². The van der Waals surface area contributed by atoms with E-state index in [4.69, 9.17) is 11.6 Å². The zero-order valence-electron chi connectivity index (χ0n) is 11.5. The molecule has 0 aromatic carbocycles. The Hall–Kier alpha value is -1.01.